The maximum Gasteiger partial charge on any atom is 0.261 e. The van der Waals surface area contributed by atoms with E-state index in [4.69, 9.17) is 0 Å². The Labute approximate surface area is 126 Å². The number of hydrogen-bond acceptors (Lipinski definition) is 4. The van der Waals surface area contributed by atoms with Gasteiger partial charge in [0.15, 0.2) is 0 Å². The van der Waals surface area contributed by atoms with Gasteiger partial charge in [0, 0.05) is 12.7 Å². The van der Waals surface area contributed by atoms with E-state index in [2.05, 4.69) is 15.3 Å². The van der Waals surface area contributed by atoms with E-state index < -0.39 is 0 Å². The average molecular weight is 295 g/mol. The van der Waals surface area contributed by atoms with Crippen LogP contribution in [0.4, 0.5) is 0 Å². The number of benzene rings is 1. The zero-order valence-corrected chi connectivity index (χ0v) is 12.0. The lowest BCUT2D eigenvalue weighted by Crippen LogP contribution is -2.21. The second-order valence-corrected chi connectivity index (χ2v) is 5.51. The van der Waals surface area contributed by atoms with Crippen molar-refractivity contribution in [3.63, 3.8) is 0 Å². The highest BCUT2D eigenvalue weighted by atomic mass is 32.1. The zero-order valence-electron chi connectivity index (χ0n) is 11.2. The molecule has 104 valence electrons. The molecule has 21 heavy (non-hydrogen) atoms. The van der Waals surface area contributed by atoms with Crippen molar-refractivity contribution < 1.29 is 4.79 Å². The quantitative estimate of drug-likeness (QED) is 0.804. The van der Waals surface area contributed by atoms with Crippen LogP contribution in [0.25, 0.3) is 10.6 Å². The van der Waals surface area contributed by atoms with Gasteiger partial charge in [-0.25, -0.2) is 9.97 Å². The second kappa shape index (κ2) is 6.28. The summed E-state index contributed by atoms with van der Waals surface area (Å²) in [6.45, 7) is 0.528. The third-order valence-electron chi connectivity index (χ3n) is 2.96. The largest absolute Gasteiger partial charge is 0.347 e. The molecule has 0 bridgehead atoms. The molecule has 2 heterocycles. The number of nitrogens with one attached hydrogen (secondary N) is 1. The molecule has 0 aliphatic heterocycles. The molecule has 1 aromatic carbocycles. The van der Waals surface area contributed by atoms with E-state index in [1.165, 1.54) is 17.7 Å². The Morgan fingerprint density at radius 2 is 1.95 bits per heavy atom. The molecule has 0 aliphatic rings. The molecule has 3 rings (SSSR count). The lowest BCUT2D eigenvalue weighted by atomic mass is 10.2. The van der Waals surface area contributed by atoms with Gasteiger partial charge in [-0.15, -0.1) is 11.3 Å². The molecular formula is C16H13N3OS. The van der Waals surface area contributed by atoms with Gasteiger partial charge >= 0.3 is 0 Å². The maximum atomic E-state index is 12.1. The summed E-state index contributed by atoms with van der Waals surface area (Å²) >= 11 is 1.43. The van der Waals surface area contributed by atoms with Crippen molar-refractivity contribution in [3.8, 4) is 10.6 Å². The Kier molecular flexibility index (Phi) is 4.02. The fourth-order valence-corrected chi connectivity index (χ4v) is 2.80. The zero-order chi connectivity index (χ0) is 14.5. The summed E-state index contributed by atoms with van der Waals surface area (Å²) in [5, 5.41) is 2.92. The highest BCUT2D eigenvalue weighted by Crippen LogP contribution is 2.25. The number of nitrogens with zero attached hydrogens (tertiary/aromatic N) is 2. The monoisotopic (exact) mass is 295 g/mol. The van der Waals surface area contributed by atoms with Gasteiger partial charge in [0.2, 0.25) is 0 Å². The summed E-state index contributed by atoms with van der Waals surface area (Å²) in [5.41, 5.74) is 1.91. The fraction of sp³-hybridized carbons (Fsp3) is 0.0625. The van der Waals surface area contributed by atoms with Gasteiger partial charge in [-0.3, -0.25) is 4.79 Å². The van der Waals surface area contributed by atoms with Crippen LogP contribution in [0.2, 0.25) is 0 Å². The second-order valence-electron chi connectivity index (χ2n) is 4.43. The SMILES string of the molecule is O=C(NCc1ccccc1)c1ccc(-c2ccncn2)s1. The molecule has 4 nitrogen and oxygen atoms in total. The van der Waals surface area contributed by atoms with Crippen molar-refractivity contribution in [3.05, 3.63) is 71.5 Å². The first-order chi connectivity index (χ1) is 10.3. The average Bonchev–Trinajstić information content (AvgIpc) is 3.04. The number of carbonyl (C=O) groups is 1. The molecule has 1 amide bonds. The van der Waals surface area contributed by atoms with Gasteiger partial charge in [-0.1, -0.05) is 30.3 Å². The number of rotatable bonds is 4. The van der Waals surface area contributed by atoms with Crippen LogP contribution >= 0.6 is 11.3 Å². The summed E-state index contributed by atoms with van der Waals surface area (Å²) in [6.07, 6.45) is 3.20. The van der Waals surface area contributed by atoms with Gasteiger partial charge in [-0.05, 0) is 23.8 Å². The first kappa shape index (κ1) is 13.5. The molecule has 0 saturated carbocycles. The van der Waals surface area contributed by atoms with E-state index in [1.54, 1.807) is 6.20 Å². The van der Waals surface area contributed by atoms with Crippen LogP contribution in [0.1, 0.15) is 15.2 Å². The standard InChI is InChI=1S/C16H13N3OS/c20-16(18-10-12-4-2-1-3-5-12)15-7-6-14(21-15)13-8-9-17-11-19-13/h1-9,11H,10H2,(H,18,20). The molecule has 0 aliphatic carbocycles. The van der Waals surface area contributed by atoms with Gasteiger partial charge in [0.25, 0.3) is 5.91 Å². The van der Waals surface area contributed by atoms with Gasteiger partial charge in [-0.2, -0.15) is 0 Å². The molecule has 0 unspecified atom stereocenters. The third kappa shape index (κ3) is 3.32. The molecule has 5 heteroatoms. The minimum absolute atomic E-state index is 0.0656. The summed E-state index contributed by atoms with van der Waals surface area (Å²) < 4.78 is 0. The van der Waals surface area contributed by atoms with Crippen LogP contribution in [-0.2, 0) is 6.54 Å². The van der Waals surface area contributed by atoms with Crippen molar-refractivity contribution >= 4 is 17.2 Å². The topological polar surface area (TPSA) is 54.9 Å². The smallest absolute Gasteiger partial charge is 0.261 e. The van der Waals surface area contributed by atoms with Crippen molar-refractivity contribution in [1.82, 2.24) is 15.3 Å². The number of amides is 1. The van der Waals surface area contributed by atoms with E-state index in [-0.39, 0.29) is 5.91 Å². The fourth-order valence-electron chi connectivity index (χ4n) is 1.90. The molecule has 0 radical (unpaired) electrons. The number of carbonyl (C=O) groups excluding carboxylic acids is 1. The van der Waals surface area contributed by atoms with E-state index >= 15 is 0 Å². The molecular weight excluding hydrogens is 282 g/mol. The Hall–Kier alpha value is -2.53. The van der Waals surface area contributed by atoms with Crippen LogP contribution in [0.3, 0.4) is 0 Å². The Bertz CT molecular complexity index is 726. The van der Waals surface area contributed by atoms with Crippen molar-refractivity contribution in [2.75, 3.05) is 0 Å². The van der Waals surface area contributed by atoms with Crippen LogP contribution in [0, 0.1) is 0 Å². The van der Waals surface area contributed by atoms with Crippen LogP contribution in [0.15, 0.2) is 61.1 Å². The molecule has 1 N–H and O–H groups in total. The first-order valence-electron chi connectivity index (χ1n) is 6.51. The van der Waals surface area contributed by atoms with Crippen LogP contribution in [0.5, 0.6) is 0 Å². The normalized spacial score (nSPS) is 10.3. The number of aromatic nitrogens is 2. The van der Waals surface area contributed by atoms with Gasteiger partial charge < -0.3 is 5.32 Å². The molecule has 3 aromatic rings. The summed E-state index contributed by atoms with van der Waals surface area (Å²) in [7, 11) is 0. The van der Waals surface area contributed by atoms with Crippen molar-refractivity contribution in [1.29, 1.82) is 0 Å². The van der Waals surface area contributed by atoms with E-state index in [0.717, 1.165) is 16.1 Å². The highest BCUT2D eigenvalue weighted by molar-refractivity contribution is 7.17. The Balaban J connectivity index is 1.67. The maximum absolute atomic E-state index is 12.1. The van der Waals surface area contributed by atoms with Crippen molar-refractivity contribution in [2.24, 2.45) is 0 Å². The molecule has 0 fully saturated rings. The Morgan fingerprint density at radius 1 is 1.10 bits per heavy atom. The number of thiophene rings is 1. The minimum Gasteiger partial charge on any atom is -0.347 e. The summed E-state index contributed by atoms with van der Waals surface area (Å²) in [4.78, 5) is 21.8. The number of hydrogen-bond donors (Lipinski definition) is 1. The van der Waals surface area contributed by atoms with Gasteiger partial charge in [0.1, 0.15) is 6.33 Å². The van der Waals surface area contributed by atoms with Crippen molar-refractivity contribution in [2.45, 2.75) is 6.54 Å². The van der Waals surface area contributed by atoms with Gasteiger partial charge in [0.05, 0.1) is 15.4 Å². The summed E-state index contributed by atoms with van der Waals surface area (Å²) in [5.74, 6) is -0.0656. The Morgan fingerprint density at radius 3 is 2.71 bits per heavy atom. The van der Waals surface area contributed by atoms with E-state index in [1.807, 2.05) is 48.5 Å². The van der Waals surface area contributed by atoms with Crippen LogP contribution < -0.4 is 5.32 Å². The predicted octanol–water partition coefficient (Wildman–Crippen LogP) is 3.14. The van der Waals surface area contributed by atoms with E-state index in [9.17, 15) is 4.79 Å². The minimum atomic E-state index is -0.0656. The van der Waals surface area contributed by atoms with E-state index in [0.29, 0.717) is 11.4 Å². The lowest BCUT2D eigenvalue weighted by Gasteiger charge is -2.03. The predicted molar refractivity (Wildman–Crippen MR) is 83.0 cm³/mol. The third-order valence-corrected chi connectivity index (χ3v) is 4.07. The summed E-state index contributed by atoms with van der Waals surface area (Å²) in [6, 6.07) is 15.4. The van der Waals surface area contributed by atoms with Crippen LogP contribution in [-0.4, -0.2) is 15.9 Å². The first-order valence-corrected chi connectivity index (χ1v) is 7.33. The highest BCUT2D eigenvalue weighted by Gasteiger charge is 2.10. The molecule has 2 aromatic heterocycles. The molecule has 0 saturated heterocycles. The molecule has 0 atom stereocenters. The molecule has 0 spiro atoms. The lowest BCUT2D eigenvalue weighted by molar-refractivity contribution is 0.0955.